The number of carboxylic acid groups (broad SMARTS) is 1. The molecule has 0 spiro atoms. The van der Waals surface area contributed by atoms with Crippen LogP contribution in [0.1, 0.15) is 10.4 Å². The molecule has 1 N–H and O–H groups in total. The van der Waals surface area contributed by atoms with Crippen LogP contribution in [0.3, 0.4) is 0 Å². The fourth-order valence-corrected chi connectivity index (χ4v) is 2.94. The maximum absolute atomic E-state index is 12.4. The third-order valence-corrected chi connectivity index (χ3v) is 5.27. The predicted octanol–water partition coefficient (Wildman–Crippen LogP) is 4.16. The Morgan fingerprint density at radius 2 is 2.00 bits per heavy atom. The van der Waals surface area contributed by atoms with Gasteiger partial charge in [0.25, 0.3) is 0 Å². The molecule has 0 amide bonds. The van der Waals surface area contributed by atoms with Gasteiger partial charge in [0.1, 0.15) is 12.5 Å². The Kier molecular flexibility index (Phi) is 6.49. The Morgan fingerprint density at radius 3 is 2.62 bits per heavy atom. The van der Waals surface area contributed by atoms with Gasteiger partial charge < -0.3 is 14.6 Å². The van der Waals surface area contributed by atoms with Crippen LogP contribution < -0.4 is 4.74 Å². The average Bonchev–Trinajstić information content (AvgIpc) is 2.98. The summed E-state index contributed by atoms with van der Waals surface area (Å²) < 4.78 is 36.4. The number of alkyl halides is 2. The molecule has 0 saturated carbocycles. The number of hydrogen-bond acceptors (Lipinski definition) is 4. The molecule has 1 aromatic heterocycles. The van der Waals surface area contributed by atoms with E-state index in [-0.39, 0.29) is 18.0 Å². The second-order valence-corrected chi connectivity index (χ2v) is 12.7. The summed E-state index contributed by atoms with van der Waals surface area (Å²) in [7, 11) is -1.17. The van der Waals surface area contributed by atoms with Gasteiger partial charge >= 0.3 is 12.6 Å². The summed E-state index contributed by atoms with van der Waals surface area (Å²) in [5.74, 6) is -1.44. The van der Waals surface area contributed by atoms with Crippen molar-refractivity contribution in [1.82, 2.24) is 9.78 Å². The van der Waals surface area contributed by atoms with Crippen molar-refractivity contribution in [3.63, 3.8) is 0 Å². The zero-order valence-electron chi connectivity index (χ0n) is 14.9. The number of aromatic carboxylic acids is 1. The van der Waals surface area contributed by atoms with Crippen LogP contribution in [-0.2, 0) is 11.5 Å². The second-order valence-electron chi connectivity index (χ2n) is 7.05. The van der Waals surface area contributed by atoms with E-state index in [1.807, 2.05) is 0 Å². The average molecular weight is 384 g/mol. The number of nitrogens with zero attached hydrogens (tertiary/aromatic N) is 2. The van der Waals surface area contributed by atoms with Crippen molar-refractivity contribution < 1.29 is 28.2 Å². The summed E-state index contributed by atoms with van der Waals surface area (Å²) in [6, 6.07) is 4.83. The van der Waals surface area contributed by atoms with Gasteiger partial charge in [-0.2, -0.15) is 13.9 Å². The molecule has 0 unspecified atom stereocenters. The molecule has 0 radical (unpaired) electrons. The van der Waals surface area contributed by atoms with E-state index in [9.17, 15) is 13.6 Å². The molecule has 0 bridgehead atoms. The molecule has 0 fully saturated rings. The molecule has 2 aromatic rings. The number of benzene rings is 1. The van der Waals surface area contributed by atoms with E-state index in [2.05, 4.69) is 29.5 Å². The van der Waals surface area contributed by atoms with E-state index in [0.717, 1.165) is 12.1 Å². The first-order valence-electron chi connectivity index (χ1n) is 8.08. The van der Waals surface area contributed by atoms with Gasteiger partial charge in [-0.1, -0.05) is 19.6 Å². The lowest BCUT2D eigenvalue weighted by Gasteiger charge is -2.15. The van der Waals surface area contributed by atoms with Crippen LogP contribution >= 0.6 is 0 Å². The third kappa shape index (κ3) is 6.23. The number of rotatable bonds is 9. The van der Waals surface area contributed by atoms with Crippen LogP contribution in [0.4, 0.5) is 8.78 Å². The lowest BCUT2D eigenvalue weighted by atomic mass is 10.1. The number of carboxylic acids is 1. The minimum atomic E-state index is -3.03. The molecule has 0 aliphatic rings. The summed E-state index contributed by atoms with van der Waals surface area (Å²) in [5.41, 5.74) is 0.868. The highest BCUT2D eigenvalue weighted by atomic mass is 28.3. The van der Waals surface area contributed by atoms with E-state index in [0.29, 0.717) is 17.7 Å². The Balaban J connectivity index is 2.12. The molecule has 142 valence electrons. The van der Waals surface area contributed by atoms with Gasteiger partial charge in [-0.15, -0.1) is 0 Å². The van der Waals surface area contributed by atoms with E-state index in [1.165, 1.54) is 18.3 Å². The molecular weight excluding hydrogens is 362 g/mol. The molecule has 26 heavy (non-hydrogen) atoms. The topological polar surface area (TPSA) is 73.6 Å². The summed E-state index contributed by atoms with van der Waals surface area (Å²) in [5, 5.41) is 13.3. The first-order valence-corrected chi connectivity index (χ1v) is 11.8. The van der Waals surface area contributed by atoms with Crippen molar-refractivity contribution in [3.05, 3.63) is 36.2 Å². The van der Waals surface area contributed by atoms with E-state index in [1.54, 1.807) is 10.9 Å². The van der Waals surface area contributed by atoms with Crippen molar-refractivity contribution in [2.24, 2.45) is 0 Å². The van der Waals surface area contributed by atoms with Crippen LogP contribution in [0.5, 0.6) is 5.75 Å². The third-order valence-electron chi connectivity index (χ3n) is 3.57. The highest BCUT2D eigenvalue weighted by Gasteiger charge is 2.14. The van der Waals surface area contributed by atoms with Gasteiger partial charge in [0.05, 0.1) is 11.8 Å². The second kappa shape index (κ2) is 8.41. The molecule has 0 aliphatic carbocycles. The van der Waals surface area contributed by atoms with Crippen LogP contribution in [0.25, 0.3) is 11.1 Å². The fraction of sp³-hybridized carbons (Fsp3) is 0.412. The summed E-state index contributed by atoms with van der Waals surface area (Å²) in [6.07, 6.45) is 3.19. The quantitative estimate of drug-likeness (QED) is 0.519. The number of aromatic nitrogens is 2. The molecule has 0 aliphatic heterocycles. The largest absolute Gasteiger partial charge is 0.478 e. The fourth-order valence-electron chi connectivity index (χ4n) is 2.18. The molecule has 0 atom stereocenters. The highest BCUT2D eigenvalue weighted by Crippen LogP contribution is 2.27. The van der Waals surface area contributed by atoms with Gasteiger partial charge in [0.15, 0.2) is 0 Å². The van der Waals surface area contributed by atoms with Crippen LogP contribution in [-0.4, -0.2) is 42.1 Å². The molecule has 0 saturated heterocycles. The molecule has 1 heterocycles. The zero-order valence-corrected chi connectivity index (χ0v) is 15.9. The predicted molar refractivity (Wildman–Crippen MR) is 95.4 cm³/mol. The minimum absolute atomic E-state index is 0.141. The number of halogens is 2. The Hall–Kier alpha value is -2.26. The summed E-state index contributed by atoms with van der Waals surface area (Å²) in [6.45, 7) is 4.66. The van der Waals surface area contributed by atoms with Crippen molar-refractivity contribution in [2.75, 3.05) is 6.61 Å². The van der Waals surface area contributed by atoms with Gasteiger partial charge in [-0.25, -0.2) is 9.48 Å². The van der Waals surface area contributed by atoms with Crippen molar-refractivity contribution in [1.29, 1.82) is 0 Å². The lowest BCUT2D eigenvalue weighted by Crippen LogP contribution is -2.22. The first kappa shape index (κ1) is 20.1. The summed E-state index contributed by atoms with van der Waals surface area (Å²) >= 11 is 0. The minimum Gasteiger partial charge on any atom is -0.478 e. The van der Waals surface area contributed by atoms with Crippen molar-refractivity contribution >= 4 is 14.0 Å². The Labute approximate surface area is 151 Å². The monoisotopic (exact) mass is 384 g/mol. The van der Waals surface area contributed by atoms with Crippen molar-refractivity contribution in [3.8, 4) is 16.9 Å². The normalized spacial score (nSPS) is 11.8. The number of ether oxygens (including phenoxy) is 2. The molecule has 2 rings (SSSR count). The van der Waals surface area contributed by atoms with E-state index >= 15 is 0 Å². The van der Waals surface area contributed by atoms with Crippen LogP contribution in [0.15, 0.2) is 30.6 Å². The van der Waals surface area contributed by atoms with Crippen molar-refractivity contribution in [2.45, 2.75) is 39.0 Å². The smallest absolute Gasteiger partial charge is 0.387 e. The van der Waals surface area contributed by atoms with E-state index in [4.69, 9.17) is 9.84 Å². The highest BCUT2D eigenvalue weighted by molar-refractivity contribution is 6.76. The maximum atomic E-state index is 12.4. The summed E-state index contributed by atoms with van der Waals surface area (Å²) in [4.78, 5) is 11.2. The van der Waals surface area contributed by atoms with Crippen LogP contribution in [0.2, 0.25) is 25.7 Å². The SMILES string of the molecule is C[Si](C)(C)CCOCn1cc(-c2cc(OC(F)F)cc(C(=O)O)c2)cn1. The van der Waals surface area contributed by atoms with Crippen LogP contribution in [0, 0.1) is 0 Å². The lowest BCUT2D eigenvalue weighted by molar-refractivity contribution is -0.0498. The Bertz CT molecular complexity index is 759. The molecular formula is C17H22F2N2O4Si. The number of carbonyl (C=O) groups is 1. The maximum Gasteiger partial charge on any atom is 0.387 e. The van der Waals surface area contributed by atoms with E-state index < -0.39 is 20.7 Å². The van der Waals surface area contributed by atoms with Gasteiger partial charge in [-0.3, -0.25) is 0 Å². The Morgan fingerprint density at radius 1 is 1.27 bits per heavy atom. The standard InChI is InChI=1S/C17H22F2N2O4Si/c1-26(2,3)5-4-24-11-21-10-14(9-20-21)12-6-13(16(22)23)8-15(7-12)25-17(18)19/h6-10,17H,4-5,11H2,1-3H3,(H,22,23). The molecule has 6 nitrogen and oxygen atoms in total. The van der Waals surface area contributed by atoms with Gasteiger partial charge in [0.2, 0.25) is 0 Å². The first-order chi connectivity index (χ1) is 12.1. The van der Waals surface area contributed by atoms with Gasteiger partial charge in [-0.05, 0) is 29.8 Å². The molecule has 1 aromatic carbocycles. The van der Waals surface area contributed by atoms with Gasteiger partial charge in [0, 0.05) is 26.4 Å². The zero-order chi connectivity index (χ0) is 19.3. The number of hydrogen-bond donors (Lipinski definition) is 1. The molecule has 9 heteroatoms.